The van der Waals surface area contributed by atoms with Crippen molar-refractivity contribution in [2.24, 2.45) is 0 Å². The van der Waals surface area contributed by atoms with Crippen LogP contribution in [0.2, 0.25) is 0 Å². The number of phenols is 1. The van der Waals surface area contributed by atoms with E-state index in [1.807, 2.05) is 12.1 Å². The first-order valence-corrected chi connectivity index (χ1v) is 9.17. The molecule has 0 amide bonds. The molecule has 0 bridgehead atoms. The van der Waals surface area contributed by atoms with E-state index in [4.69, 9.17) is 14.2 Å². The maximum Gasteiger partial charge on any atom is 0.165 e. The van der Waals surface area contributed by atoms with Gasteiger partial charge in [-0.3, -0.25) is 4.90 Å². The summed E-state index contributed by atoms with van der Waals surface area (Å²) in [6, 6.07) is 12.1. The number of aromatic hydroxyl groups is 1. The first-order valence-electron chi connectivity index (χ1n) is 9.17. The molecule has 0 saturated carbocycles. The Labute approximate surface area is 154 Å². The molecular formula is C21H25NO4. The summed E-state index contributed by atoms with van der Waals surface area (Å²) in [5.74, 6) is 0.811. The van der Waals surface area contributed by atoms with Crippen LogP contribution >= 0.6 is 0 Å². The van der Waals surface area contributed by atoms with Crippen molar-refractivity contribution < 1.29 is 19.3 Å². The van der Waals surface area contributed by atoms with Gasteiger partial charge in [0.15, 0.2) is 11.5 Å². The molecule has 2 aliphatic heterocycles. The summed E-state index contributed by atoms with van der Waals surface area (Å²) >= 11 is 0. The molecule has 5 heteroatoms. The van der Waals surface area contributed by atoms with E-state index in [0.29, 0.717) is 32.2 Å². The second-order valence-corrected chi connectivity index (χ2v) is 6.95. The van der Waals surface area contributed by atoms with Gasteiger partial charge in [0.2, 0.25) is 0 Å². The standard InChI is InChI=1S/C21H25NO4/c1-15-4-2-3-5-19(15)16-10-17-12-22(13-18-14-24-8-9-25-18)6-7-26-21(17)20(23)11-16/h2-5,10-11,18,23H,6-9,12-14H2,1H3/t18-/m0/s1. The van der Waals surface area contributed by atoms with Crippen molar-refractivity contribution in [1.82, 2.24) is 4.90 Å². The average molecular weight is 355 g/mol. The van der Waals surface area contributed by atoms with Gasteiger partial charge < -0.3 is 19.3 Å². The van der Waals surface area contributed by atoms with Crippen LogP contribution < -0.4 is 4.74 Å². The molecule has 4 rings (SSSR count). The van der Waals surface area contributed by atoms with Gasteiger partial charge in [-0.05, 0) is 35.7 Å². The fourth-order valence-corrected chi connectivity index (χ4v) is 3.69. The number of phenolic OH excluding ortho intramolecular Hbond substituents is 1. The molecule has 138 valence electrons. The van der Waals surface area contributed by atoms with Gasteiger partial charge in [0, 0.05) is 25.2 Å². The van der Waals surface area contributed by atoms with E-state index in [9.17, 15) is 5.11 Å². The number of nitrogens with zero attached hydrogens (tertiary/aromatic N) is 1. The van der Waals surface area contributed by atoms with Crippen molar-refractivity contribution in [3.8, 4) is 22.6 Å². The Morgan fingerprint density at radius 2 is 2.04 bits per heavy atom. The van der Waals surface area contributed by atoms with Crippen molar-refractivity contribution in [3.63, 3.8) is 0 Å². The third-order valence-electron chi connectivity index (χ3n) is 5.00. The Morgan fingerprint density at radius 1 is 1.15 bits per heavy atom. The van der Waals surface area contributed by atoms with Crippen molar-refractivity contribution in [1.29, 1.82) is 0 Å². The van der Waals surface area contributed by atoms with Crippen LogP contribution in [0.1, 0.15) is 11.1 Å². The lowest BCUT2D eigenvalue weighted by molar-refractivity contribution is -0.0982. The van der Waals surface area contributed by atoms with Gasteiger partial charge in [-0.15, -0.1) is 0 Å². The lowest BCUT2D eigenvalue weighted by atomic mass is 9.98. The van der Waals surface area contributed by atoms with Crippen LogP contribution in [0.15, 0.2) is 36.4 Å². The first-order chi connectivity index (χ1) is 12.7. The molecule has 0 spiro atoms. The van der Waals surface area contributed by atoms with Gasteiger partial charge in [0.25, 0.3) is 0 Å². The zero-order valence-electron chi connectivity index (χ0n) is 15.1. The number of fused-ring (bicyclic) bond motifs is 1. The third-order valence-corrected chi connectivity index (χ3v) is 5.00. The van der Waals surface area contributed by atoms with Gasteiger partial charge in [-0.1, -0.05) is 24.3 Å². The quantitative estimate of drug-likeness (QED) is 0.917. The number of aryl methyl sites for hydroxylation is 1. The molecule has 1 N–H and O–H groups in total. The number of hydrogen-bond acceptors (Lipinski definition) is 5. The number of ether oxygens (including phenoxy) is 3. The second kappa shape index (κ2) is 7.66. The minimum atomic E-state index is 0.0958. The summed E-state index contributed by atoms with van der Waals surface area (Å²) in [5, 5.41) is 10.5. The molecule has 0 aliphatic carbocycles. The molecule has 1 atom stereocenters. The molecule has 2 aromatic carbocycles. The lowest BCUT2D eigenvalue weighted by Gasteiger charge is -2.28. The van der Waals surface area contributed by atoms with Crippen molar-refractivity contribution in [2.75, 3.05) is 39.5 Å². The molecule has 26 heavy (non-hydrogen) atoms. The summed E-state index contributed by atoms with van der Waals surface area (Å²) in [6.45, 7) is 6.94. The topological polar surface area (TPSA) is 51.2 Å². The van der Waals surface area contributed by atoms with Crippen LogP contribution in [-0.4, -0.2) is 55.6 Å². The Morgan fingerprint density at radius 3 is 2.85 bits per heavy atom. The van der Waals surface area contributed by atoms with Crippen LogP contribution in [0.3, 0.4) is 0 Å². The number of hydrogen-bond donors (Lipinski definition) is 1. The van der Waals surface area contributed by atoms with Gasteiger partial charge in [0.1, 0.15) is 6.61 Å². The summed E-state index contributed by atoms with van der Waals surface area (Å²) in [7, 11) is 0. The molecule has 0 radical (unpaired) electrons. The van der Waals surface area contributed by atoms with Crippen molar-refractivity contribution in [3.05, 3.63) is 47.5 Å². The molecule has 2 aliphatic rings. The van der Waals surface area contributed by atoms with E-state index in [0.717, 1.165) is 36.3 Å². The smallest absolute Gasteiger partial charge is 0.165 e. The van der Waals surface area contributed by atoms with Crippen molar-refractivity contribution in [2.45, 2.75) is 19.6 Å². The van der Waals surface area contributed by atoms with E-state index in [1.54, 1.807) is 6.07 Å². The van der Waals surface area contributed by atoms with Crippen LogP contribution in [0.5, 0.6) is 11.5 Å². The zero-order valence-corrected chi connectivity index (χ0v) is 15.1. The fourth-order valence-electron chi connectivity index (χ4n) is 3.69. The lowest BCUT2D eigenvalue weighted by Crippen LogP contribution is -2.40. The van der Waals surface area contributed by atoms with E-state index >= 15 is 0 Å². The average Bonchev–Trinajstić information content (AvgIpc) is 2.85. The molecule has 2 aromatic rings. The van der Waals surface area contributed by atoms with Crippen LogP contribution in [0.4, 0.5) is 0 Å². The summed E-state index contributed by atoms with van der Waals surface area (Å²) in [6.07, 6.45) is 0.0958. The normalized spacial score (nSPS) is 20.9. The maximum absolute atomic E-state index is 10.5. The molecule has 2 heterocycles. The van der Waals surface area contributed by atoms with E-state index in [-0.39, 0.29) is 11.9 Å². The summed E-state index contributed by atoms with van der Waals surface area (Å²) in [5.41, 5.74) is 4.34. The highest BCUT2D eigenvalue weighted by Crippen LogP contribution is 2.38. The predicted octanol–water partition coefficient (Wildman–Crippen LogP) is 2.98. The summed E-state index contributed by atoms with van der Waals surface area (Å²) in [4.78, 5) is 2.31. The summed E-state index contributed by atoms with van der Waals surface area (Å²) < 4.78 is 17.2. The van der Waals surface area contributed by atoms with E-state index in [1.165, 1.54) is 5.56 Å². The van der Waals surface area contributed by atoms with Gasteiger partial charge in [-0.2, -0.15) is 0 Å². The largest absolute Gasteiger partial charge is 0.504 e. The SMILES string of the molecule is Cc1ccccc1-c1cc(O)c2c(c1)CN(C[C@H]1COCCO1)CCO2. The maximum atomic E-state index is 10.5. The number of benzene rings is 2. The second-order valence-electron chi connectivity index (χ2n) is 6.95. The monoisotopic (exact) mass is 355 g/mol. The predicted molar refractivity (Wildman–Crippen MR) is 99.6 cm³/mol. The van der Waals surface area contributed by atoms with Crippen molar-refractivity contribution >= 4 is 0 Å². The van der Waals surface area contributed by atoms with Crippen LogP contribution in [-0.2, 0) is 16.0 Å². The third kappa shape index (κ3) is 3.70. The highest BCUT2D eigenvalue weighted by atomic mass is 16.6. The fraction of sp³-hybridized carbons (Fsp3) is 0.429. The Hall–Kier alpha value is -2.08. The molecule has 1 fully saturated rings. The number of rotatable bonds is 3. The minimum Gasteiger partial charge on any atom is -0.504 e. The Balaban J connectivity index is 1.60. The van der Waals surface area contributed by atoms with Crippen LogP contribution in [0, 0.1) is 6.92 Å². The van der Waals surface area contributed by atoms with Crippen LogP contribution in [0.25, 0.3) is 11.1 Å². The first kappa shape index (κ1) is 17.3. The highest BCUT2D eigenvalue weighted by Gasteiger charge is 2.23. The van der Waals surface area contributed by atoms with Gasteiger partial charge >= 0.3 is 0 Å². The molecular weight excluding hydrogens is 330 g/mol. The Kier molecular flexibility index (Phi) is 5.11. The van der Waals surface area contributed by atoms with Gasteiger partial charge in [-0.25, -0.2) is 0 Å². The molecule has 0 unspecified atom stereocenters. The van der Waals surface area contributed by atoms with E-state index in [2.05, 4.69) is 30.0 Å². The van der Waals surface area contributed by atoms with Gasteiger partial charge in [0.05, 0.1) is 25.9 Å². The Bertz CT molecular complexity index is 771. The highest BCUT2D eigenvalue weighted by molar-refractivity contribution is 5.71. The molecule has 5 nitrogen and oxygen atoms in total. The molecule has 1 saturated heterocycles. The van der Waals surface area contributed by atoms with E-state index < -0.39 is 0 Å². The zero-order chi connectivity index (χ0) is 17.9. The minimum absolute atomic E-state index is 0.0958. The molecule has 0 aromatic heterocycles.